The summed E-state index contributed by atoms with van der Waals surface area (Å²) in [5, 5.41) is 12.1. The fraction of sp³-hybridized carbons (Fsp3) is 0.238. The van der Waals surface area contributed by atoms with E-state index in [4.69, 9.17) is 0 Å². The number of carbonyl (C=O) groups is 2. The summed E-state index contributed by atoms with van der Waals surface area (Å²) >= 11 is 1.34. The predicted octanol–water partition coefficient (Wildman–Crippen LogP) is 3.79. The van der Waals surface area contributed by atoms with Crippen LogP contribution in [0.15, 0.2) is 53.7 Å². The molecule has 7 nitrogen and oxygen atoms in total. The second-order valence-electron chi connectivity index (χ2n) is 6.27. The minimum absolute atomic E-state index is 0.163. The van der Waals surface area contributed by atoms with Crippen molar-refractivity contribution in [1.29, 1.82) is 0 Å². The Morgan fingerprint density at radius 3 is 2.48 bits per heavy atom. The molecule has 0 aliphatic heterocycles. The molecule has 0 aliphatic carbocycles. The van der Waals surface area contributed by atoms with Crippen LogP contribution in [-0.4, -0.2) is 39.5 Å². The van der Waals surface area contributed by atoms with E-state index in [1.54, 1.807) is 24.3 Å². The first kappa shape index (κ1) is 20.6. The van der Waals surface area contributed by atoms with Crippen molar-refractivity contribution in [3.8, 4) is 11.4 Å². The third kappa shape index (κ3) is 4.83. The van der Waals surface area contributed by atoms with Crippen LogP contribution in [0.4, 0.5) is 5.69 Å². The normalized spacial score (nSPS) is 10.6. The topological polar surface area (TPSA) is 86.1 Å². The summed E-state index contributed by atoms with van der Waals surface area (Å²) in [6, 6.07) is 14.6. The maximum absolute atomic E-state index is 12.3. The van der Waals surface area contributed by atoms with Crippen molar-refractivity contribution < 1.29 is 14.3 Å². The second kappa shape index (κ2) is 9.38. The lowest BCUT2D eigenvalue weighted by Crippen LogP contribution is -2.15. The van der Waals surface area contributed by atoms with Crippen LogP contribution in [0.25, 0.3) is 11.4 Å². The Kier molecular flexibility index (Phi) is 6.66. The molecule has 0 saturated heterocycles. The quantitative estimate of drug-likeness (QED) is 0.471. The number of esters is 1. The van der Waals surface area contributed by atoms with Gasteiger partial charge in [-0.1, -0.05) is 36.0 Å². The number of hydrogen-bond acceptors (Lipinski definition) is 6. The Morgan fingerprint density at radius 2 is 1.83 bits per heavy atom. The smallest absolute Gasteiger partial charge is 0.337 e. The molecule has 29 heavy (non-hydrogen) atoms. The second-order valence-corrected chi connectivity index (χ2v) is 7.21. The number of nitrogens with one attached hydrogen (secondary N) is 1. The number of carbonyl (C=O) groups excluding carboxylic acids is 2. The van der Waals surface area contributed by atoms with Crippen molar-refractivity contribution in [2.24, 2.45) is 0 Å². The highest BCUT2D eigenvalue weighted by atomic mass is 32.2. The number of thioether (sulfide) groups is 1. The average molecular weight is 410 g/mol. The number of amides is 1. The van der Waals surface area contributed by atoms with Crippen molar-refractivity contribution in [2.45, 2.75) is 25.5 Å². The van der Waals surface area contributed by atoms with E-state index in [1.807, 2.05) is 42.7 Å². The summed E-state index contributed by atoms with van der Waals surface area (Å²) in [7, 11) is 1.33. The molecule has 0 atom stereocenters. The summed E-state index contributed by atoms with van der Waals surface area (Å²) in [4.78, 5) is 23.8. The van der Waals surface area contributed by atoms with Crippen LogP contribution in [0.2, 0.25) is 0 Å². The molecule has 0 spiro atoms. The lowest BCUT2D eigenvalue weighted by molar-refractivity contribution is -0.113. The van der Waals surface area contributed by atoms with E-state index in [9.17, 15) is 9.59 Å². The number of anilines is 1. The first-order valence-electron chi connectivity index (χ1n) is 9.13. The molecule has 0 bridgehead atoms. The minimum atomic E-state index is -0.415. The largest absolute Gasteiger partial charge is 0.465 e. The molecule has 3 rings (SSSR count). The van der Waals surface area contributed by atoms with Gasteiger partial charge in [0.15, 0.2) is 11.0 Å². The molecule has 3 aromatic rings. The molecule has 0 radical (unpaired) electrons. The highest BCUT2D eigenvalue weighted by Crippen LogP contribution is 2.26. The van der Waals surface area contributed by atoms with E-state index in [0.717, 1.165) is 17.0 Å². The van der Waals surface area contributed by atoms with Gasteiger partial charge in [0.05, 0.1) is 18.4 Å². The highest BCUT2D eigenvalue weighted by Gasteiger charge is 2.16. The lowest BCUT2D eigenvalue weighted by Gasteiger charge is -2.09. The first-order chi connectivity index (χ1) is 14.0. The number of rotatable bonds is 7. The minimum Gasteiger partial charge on any atom is -0.465 e. The van der Waals surface area contributed by atoms with Crippen molar-refractivity contribution in [3.05, 3.63) is 59.7 Å². The van der Waals surface area contributed by atoms with Crippen molar-refractivity contribution in [2.75, 3.05) is 18.2 Å². The monoisotopic (exact) mass is 410 g/mol. The Hall–Kier alpha value is -3.13. The number of benzene rings is 2. The molecule has 0 aliphatic rings. The molecule has 150 valence electrons. The maximum atomic E-state index is 12.3. The molecule has 1 amide bonds. The molecular weight excluding hydrogens is 388 g/mol. The Bertz CT molecular complexity index is 1020. The number of hydrogen-bond donors (Lipinski definition) is 1. The molecule has 2 aromatic carbocycles. The van der Waals surface area contributed by atoms with Gasteiger partial charge in [0, 0.05) is 17.8 Å². The number of nitrogens with zero attached hydrogens (tertiary/aromatic N) is 3. The van der Waals surface area contributed by atoms with Crippen molar-refractivity contribution in [3.63, 3.8) is 0 Å². The van der Waals surface area contributed by atoms with Gasteiger partial charge >= 0.3 is 5.97 Å². The summed E-state index contributed by atoms with van der Waals surface area (Å²) in [6.45, 7) is 4.77. The van der Waals surface area contributed by atoms with Gasteiger partial charge in [0.25, 0.3) is 0 Å². The van der Waals surface area contributed by atoms with Crippen LogP contribution >= 0.6 is 11.8 Å². The van der Waals surface area contributed by atoms with E-state index in [-0.39, 0.29) is 11.7 Å². The molecule has 0 saturated carbocycles. The van der Waals surface area contributed by atoms with Gasteiger partial charge < -0.3 is 14.6 Å². The van der Waals surface area contributed by atoms with Crippen LogP contribution in [-0.2, 0) is 16.1 Å². The van der Waals surface area contributed by atoms with Crippen LogP contribution in [0.3, 0.4) is 0 Å². The van der Waals surface area contributed by atoms with Crippen molar-refractivity contribution in [1.82, 2.24) is 14.8 Å². The van der Waals surface area contributed by atoms with E-state index in [2.05, 4.69) is 20.3 Å². The van der Waals surface area contributed by atoms with Crippen molar-refractivity contribution >= 4 is 29.3 Å². The molecule has 1 heterocycles. The summed E-state index contributed by atoms with van der Waals surface area (Å²) < 4.78 is 6.67. The van der Waals surface area contributed by atoms with Gasteiger partial charge in [0.1, 0.15) is 0 Å². The Morgan fingerprint density at radius 1 is 1.10 bits per heavy atom. The Balaban J connectivity index is 1.65. The van der Waals surface area contributed by atoms with Crippen LogP contribution in [0, 0.1) is 6.92 Å². The summed E-state index contributed by atoms with van der Waals surface area (Å²) in [5.74, 6) is 0.419. The lowest BCUT2D eigenvalue weighted by atomic mass is 10.1. The van der Waals surface area contributed by atoms with E-state index < -0.39 is 5.97 Å². The standard InChI is InChI=1S/C21H22N4O3S/c1-4-25-19(17-8-6-5-7-14(17)2)23-24-21(25)29-13-18(26)22-16-11-9-15(10-12-16)20(27)28-3/h5-12H,4,13H2,1-3H3,(H,22,26). The van der Waals surface area contributed by atoms with Gasteiger partial charge in [0.2, 0.25) is 5.91 Å². The Labute approximate surface area is 173 Å². The fourth-order valence-corrected chi connectivity index (χ4v) is 3.64. The fourth-order valence-electron chi connectivity index (χ4n) is 2.84. The van der Waals surface area contributed by atoms with E-state index in [0.29, 0.717) is 23.0 Å². The zero-order chi connectivity index (χ0) is 20.8. The SMILES string of the molecule is CCn1c(SCC(=O)Nc2ccc(C(=O)OC)cc2)nnc1-c1ccccc1C. The molecule has 1 N–H and O–H groups in total. The van der Waals surface area contributed by atoms with Gasteiger partial charge in [-0.25, -0.2) is 4.79 Å². The molecule has 0 fully saturated rings. The number of methoxy groups -OCH3 is 1. The summed E-state index contributed by atoms with van der Waals surface area (Å²) in [5.41, 5.74) is 3.20. The number of aromatic nitrogens is 3. The summed E-state index contributed by atoms with van der Waals surface area (Å²) in [6.07, 6.45) is 0. The van der Waals surface area contributed by atoms with Gasteiger partial charge in [-0.3, -0.25) is 4.79 Å². The molecule has 1 aromatic heterocycles. The van der Waals surface area contributed by atoms with Crippen LogP contribution < -0.4 is 5.32 Å². The van der Waals surface area contributed by atoms with Crippen LogP contribution in [0.5, 0.6) is 0 Å². The molecular formula is C21H22N4O3S. The number of ether oxygens (including phenoxy) is 1. The van der Waals surface area contributed by atoms with E-state index >= 15 is 0 Å². The third-order valence-corrected chi connectivity index (χ3v) is 5.31. The highest BCUT2D eigenvalue weighted by molar-refractivity contribution is 7.99. The van der Waals surface area contributed by atoms with Crippen LogP contribution in [0.1, 0.15) is 22.8 Å². The molecule has 0 unspecified atom stereocenters. The third-order valence-electron chi connectivity index (χ3n) is 4.34. The molecule has 8 heteroatoms. The number of aryl methyl sites for hydroxylation is 1. The zero-order valence-corrected chi connectivity index (χ0v) is 17.3. The zero-order valence-electron chi connectivity index (χ0n) is 16.5. The average Bonchev–Trinajstić information content (AvgIpc) is 3.15. The predicted molar refractivity (Wildman–Crippen MR) is 113 cm³/mol. The van der Waals surface area contributed by atoms with Gasteiger partial charge in [-0.05, 0) is 43.7 Å². The first-order valence-corrected chi connectivity index (χ1v) is 10.1. The van der Waals surface area contributed by atoms with E-state index in [1.165, 1.54) is 18.9 Å². The van der Waals surface area contributed by atoms with Gasteiger partial charge in [-0.15, -0.1) is 10.2 Å². The maximum Gasteiger partial charge on any atom is 0.337 e. The van der Waals surface area contributed by atoms with Gasteiger partial charge in [-0.2, -0.15) is 0 Å².